The van der Waals surface area contributed by atoms with E-state index in [4.69, 9.17) is 0 Å². The standard InChI is InChI=1S/C49H34/c1-49(2)46-17-8-7-16-42(46)43-24-23-37(30-47(43)49)36-21-20-34-26-33(18-19-35(34)27-36)32-12-9-13-38(28-32)45-29-39-11-4-6-15-41(39)48-40-14-5-3-10-31(40)22-25-44(45)48/h3-30H,1-2H3. The van der Waals surface area contributed by atoms with Gasteiger partial charge in [-0.25, -0.2) is 0 Å². The lowest BCUT2D eigenvalue weighted by Gasteiger charge is -2.22. The van der Waals surface area contributed by atoms with Crippen LogP contribution in [0.4, 0.5) is 0 Å². The van der Waals surface area contributed by atoms with Gasteiger partial charge < -0.3 is 0 Å². The third-order valence-electron chi connectivity index (χ3n) is 11.0. The second kappa shape index (κ2) is 10.5. The molecule has 0 unspecified atom stereocenters. The van der Waals surface area contributed by atoms with E-state index in [2.05, 4.69) is 184 Å². The number of rotatable bonds is 3. The molecule has 49 heavy (non-hydrogen) atoms. The van der Waals surface area contributed by atoms with Crippen molar-refractivity contribution in [3.63, 3.8) is 0 Å². The minimum Gasteiger partial charge on any atom is -0.0619 e. The summed E-state index contributed by atoms with van der Waals surface area (Å²) in [5.74, 6) is 0. The molecule has 0 N–H and O–H groups in total. The maximum atomic E-state index is 2.41. The zero-order valence-electron chi connectivity index (χ0n) is 27.7. The molecule has 0 spiro atoms. The summed E-state index contributed by atoms with van der Waals surface area (Å²) in [6.07, 6.45) is 0. The summed E-state index contributed by atoms with van der Waals surface area (Å²) in [5.41, 5.74) is 13.0. The van der Waals surface area contributed by atoms with Gasteiger partial charge in [-0.2, -0.15) is 0 Å². The molecule has 10 rings (SSSR count). The molecule has 230 valence electrons. The van der Waals surface area contributed by atoms with Gasteiger partial charge in [-0.05, 0) is 129 Å². The Kier molecular flexibility index (Phi) is 6.02. The van der Waals surface area contributed by atoms with Crippen LogP contribution in [0.2, 0.25) is 0 Å². The van der Waals surface area contributed by atoms with Crippen molar-refractivity contribution in [2.24, 2.45) is 0 Å². The number of benzene rings is 9. The first kappa shape index (κ1) is 28.1. The quantitative estimate of drug-likeness (QED) is 0.172. The van der Waals surface area contributed by atoms with E-state index >= 15 is 0 Å². The van der Waals surface area contributed by atoms with Crippen molar-refractivity contribution in [3.8, 4) is 44.5 Å². The summed E-state index contributed by atoms with van der Waals surface area (Å²) in [6, 6.07) is 63.2. The van der Waals surface area contributed by atoms with Gasteiger partial charge in [0.05, 0.1) is 0 Å². The normalized spacial score (nSPS) is 13.3. The predicted molar refractivity (Wildman–Crippen MR) is 210 cm³/mol. The maximum Gasteiger partial charge on any atom is 0.0159 e. The molecule has 0 fully saturated rings. The van der Waals surface area contributed by atoms with E-state index in [0.29, 0.717) is 0 Å². The smallest absolute Gasteiger partial charge is 0.0159 e. The Hall–Kier alpha value is -5.98. The average Bonchev–Trinajstić information content (AvgIpc) is 3.39. The van der Waals surface area contributed by atoms with Crippen LogP contribution < -0.4 is 0 Å². The molecule has 9 aromatic carbocycles. The van der Waals surface area contributed by atoms with Crippen LogP contribution in [0, 0.1) is 0 Å². The van der Waals surface area contributed by atoms with Crippen molar-refractivity contribution >= 4 is 43.1 Å². The molecule has 0 radical (unpaired) electrons. The molecule has 0 aromatic heterocycles. The Morgan fingerprint density at radius 2 is 0.878 bits per heavy atom. The second-order valence-electron chi connectivity index (χ2n) is 14.1. The summed E-state index contributed by atoms with van der Waals surface area (Å²) in [5, 5.41) is 10.3. The minimum absolute atomic E-state index is 0.00481. The minimum atomic E-state index is -0.00481. The molecule has 0 bridgehead atoms. The number of hydrogen-bond donors (Lipinski definition) is 0. The molecule has 1 aliphatic carbocycles. The van der Waals surface area contributed by atoms with Crippen molar-refractivity contribution in [3.05, 3.63) is 181 Å². The largest absolute Gasteiger partial charge is 0.0619 e. The molecular weight excluding hydrogens is 589 g/mol. The zero-order valence-corrected chi connectivity index (χ0v) is 27.7. The average molecular weight is 623 g/mol. The van der Waals surface area contributed by atoms with Crippen LogP contribution in [-0.4, -0.2) is 0 Å². The summed E-state index contributed by atoms with van der Waals surface area (Å²) in [4.78, 5) is 0. The Bertz CT molecular complexity index is 2780. The van der Waals surface area contributed by atoms with Crippen LogP contribution >= 0.6 is 0 Å². The van der Waals surface area contributed by atoms with E-state index in [1.165, 1.54) is 98.7 Å². The third-order valence-corrected chi connectivity index (χ3v) is 11.0. The van der Waals surface area contributed by atoms with Gasteiger partial charge in [0.1, 0.15) is 0 Å². The van der Waals surface area contributed by atoms with E-state index in [1.807, 2.05) is 0 Å². The van der Waals surface area contributed by atoms with Crippen molar-refractivity contribution in [2.45, 2.75) is 19.3 Å². The molecule has 0 amide bonds. The summed E-state index contributed by atoms with van der Waals surface area (Å²) < 4.78 is 0. The van der Waals surface area contributed by atoms with Crippen LogP contribution in [0.25, 0.3) is 87.6 Å². The fraction of sp³-hybridized carbons (Fsp3) is 0.0612. The Balaban J connectivity index is 1.04. The van der Waals surface area contributed by atoms with Crippen LogP contribution in [0.1, 0.15) is 25.0 Å². The van der Waals surface area contributed by atoms with Crippen molar-refractivity contribution in [2.75, 3.05) is 0 Å². The highest BCUT2D eigenvalue weighted by molar-refractivity contribution is 6.24. The molecule has 9 aromatic rings. The Labute approximate surface area is 286 Å². The van der Waals surface area contributed by atoms with Gasteiger partial charge >= 0.3 is 0 Å². The van der Waals surface area contributed by atoms with Gasteiger partial charge in [0.2, 0.25) is 0 Å². The summed E-state index contributed by atoms with van der Waals surface area (Å²) in [6.45, 7) is 4.70. The van der Waals surface area contributed by atoms with E-state index in [0.717, 1.165) is 0 Å². The molecule has 0 heterocycles. The molecular formula is C49H34. The molecule has 0 nitrogen and oxygen atoms in total. The highest BCUT2D eigenvalue weighted by Crippen LogP contribution is 2.49. The van der Waals surface area contributed by atoms with Crippen LogP contribution in [0.5, 0.6) is 0 Å². The van der Waals surface area contributed by atoms with E-state index < -0.39 is 0 Å². The van der Waals surface area contributed by atoms with Crippen LogP contribution in [-0.2, 0) is 5.41 Å². The van der Waals surface area contributed by atoms with Gasteiger partial charge in [-0.15, -0.1) is 0 Å². The topological polar surface area (TPSA) is 0 Å². The second-order valence-corrected chi connectivity index (χ2v) is 14.1. The van der Waals surface area contributed by atoms with Gasteiger partial charge in [0.25, 0.3) is 0 Å². The maximum absolute atomic E-state index is 2.41. The van der Waals surface area contributed by atoms with E-state index in [-0.39, 0.29) is 5.41 Å². The monoisotopic (exact) mass is 622 g/mol. The Morgan fingerprint density at radius 1 is 0.306 bits per heavy atom. The first-order valence-electron chi connectivity index (χ1n) is 17.3. The lowest BCUT2D eigenvalue weighted by Crippen LogP contribution is -2.14. The first-order valence-corrected chi connectivity index (χ1v) is 17.3. The predicted octanol–water partition coefficient (Wildman–Crippen LogP) is 13.6. The summed E-state index contributed by atoms with van der Waals surface area (Å²) in [7, 11) is 0. The van der Waals surface area contributed by atoms with E-state index in [1.54, 1.807) is 0 Å². The van der Waals surface area contributed by atoms with Crippen molar-refractivity contribution in [1.82, 2.24) is 0 Å². The molecule has 1 aliphatic rings. The number of fused-ring (bicyclic) bond motifs is 9. The van der Waals surface area contributed by atoms with Crippen LogP contribution in [0.15, 0.2) is 170 Å². The van der Waals surface area contributed by atoms with Gasteiger partial charge in [0.15, 0.2) is 0 Å². The van der Waals surface area contributed by atoms with Gasteiger partial charge in [-0.1, -0.05) is 153 Å². The summed E-state index contributed by atoms with van der Waals surface area (Å²) >= 11 is 0. The Morgan fingerprint density at radius 3 is 1.67 bits per heavy atom. The van der Waals surface area contributed by atoms with Gasteiger partial charge in [0, 0.05) is 5.41 Å². The fourth-order valence-corrected chi connectivity index (χ4v) is 8.46. The zero-order chi connectivity index (χ0) is 32.7. The fourth-order valence-electron chi connectivity index (χ4n) is 8.46. The molecule has 0 heteroatoms. The molecule has 0 atom stereocenters. The molecule has 0 aliphatic heterocycles. The van der Waals surface area contributed by atoms with Crippen LogP contribution in [0.3, 0.4) is 0 Å². The van der Waals surface area contributed by atoms with Gasteiger partial charge in [-0.3, -0.25) is 0 Å². The van der Waals surface area contributed by atoms with E-state index in [9.17, 15) is 0 Å². The highest BCUT2D eigenvalue weighted by Gasteiger charge is 2.35. The third kappa shape index (κ3) is 4.31. The molecule has 0 saturated carbocycles. The highest BCUT2D eigenvalue weighted by atomic mass is 14.4. The van der Waals surface area contributed by atoms with Crippen molar-refractivity contribution < 1.29 is 0 Å². The lowest BCUT2D eigenvalue weighted by atomic mass is 9.81. The van der Waals surface area contributed by atoms with Crippen molar-refractivity contribution in [1.29, 1.82) is 0 Å². The first-order chi connectivity index (χ1) is 24.0. The number of hydrogen-bond acceptors (Lipinski definition) is 0. The molecule has 0 saturated heterocycles. The lowest BCUT2D eigenvalue weighted by molar-refractivity contribution is 0.660. The SMILES string of the molecule is CC1(C)c2ccccc2-c2ccc(-c3ccc4cc(-c5cccc(-c6cc7ccccc7c7c6ccc6ccccc67)c5)ccc4c3)cc21.